The summed E-state index contributed by atoms with van der Waals surface area (Å²) in [5.41, 5.74) is 3.06. The number of piperidine rings is 1. The summed E-state index contributed by atoms with van der Waals surface area (Å²) in [7, 11) is 4.86. The van der Waals surface area contributed by atoms with Crippen molar-refractivity contribution >= 4 is 33.6 Å². The summed E-state index contributed by atoms with van der Waals surface area (Å²) in [4.78, 5) is 1.03. The number of rotatable bonds is 1. The van der Waals surface area contributed by atoms with Crippen molar-refractivity contribution in [1.82, 2.24) is 14.6 Å². The van der Waals surface area contributed by atoms with Crippen molar-refractivity contribution in [2.45, 2.75) is 19.3 Å². The van der Waals surface area contributed by atoms with Gasteiger partial charge in [-0.1, -0.05) is 33.9 Å². The van der Waals surface area contributed by atoms with E-state index in [0.29, 0.717) is 11.8 Å². The summed E-state index contributed by atoms with van der Waals surface area (Å²) in [5, 5.41) is 15.4. The van der Waals surface area contributed by atoms with Crippen LogP contribution in [0.15, 0.2) is 18.2 Å². The van der Waals surface area contributed by atoms with Gasteiger partial charge in [0.1, 0.15) is 13.4 Å². The Morgan fingerprint density at radius 1 is 1.47 bits per heavy atom. The molecule has 2 heterocycles. The van der Waals surface area contributed by atoms with Crippen molar-refractivity contribution in [3.8, 4) is 0 Å². The van der Waals surface area contributed by atoms with Gasteiger partial charge in [0.2, 0.25) is 0 Å². The molecule has 0 amide bonds. The van der Waals surface area contributed by atoms with Gasteiger partial charge in [-0.2, -0.15) is 0 Å². The summed E-state index contributed by atoms with van der Waals surface area (Å²) >= 11 is 0. The van der Waals surface area contributed by atoms with Gasteiger partial charge in [0.15, 0.2) is 0 Å². The Balaban J connectivity index is 2.07. The van der Waals surface area contributed by atoms with Crippen molar-refractivity contribution in [2.75, 3.05) is 13.1 Å². The van der Waals surface area contributed by atoms with Gasteiger partial charge in [-0.25, -0.2) is 0 Å². The maximum absolute atomic E-state index is 9.94. The Kier molecular flexibility index (Phi) is 3.28. The molecule has 6 heteroatoms. The minimum atomic E-state index is 0.425. The number of benzene rings is 1. The molecule has 0 saturated carbocycles. The van der Waals surface area contributed by atoms with Crippen LogP contribution < -0.4 is 5.46 Å². The molecule has 19 heavy (non-hydrogen) atoms. The third-order valence-corrected chi connectivity index (χ3v) is 4.60. The standard InChI is InChI=1S/C13H19BN3OP/c1-8-7-16(19)5-4-10(8)13-11-6-9(14)2-3-12(11)17(18)15-13/h2-3,6,8,10,18H,4-5,7,14,19H2,1H3. The molecular formula is C13H19BN3OP. The van der Waals surface area contributed by atoms with Gasteiger partial charge in [0, 0.05) is 24.4 Å². The Labute approximate surface area is 116 Å². The van der Waals surface area contributed by atoms with E-state index in [4.69, 9.17) is 0 Å². The first-order valence-corrected chi connectivity index (χ1v) is 7.26. The van der Waals surface area contributed by atoms with E-state index in [1.807, 2.05) is 12.1 Å². The third-order valence-electron chi connectivity index (χ3n) is 4.13. The fourth-order valence-electron chi connectivity index (χ4n) is 3.10. The first-order chi connectivity index (χ1) is 9.06. The van der Waals surface area contributed by atoms with E-state index in [0.717, 1.165) is 41.0 Å². The zero-order valence-electron chi connectivity index (χ0n) is 11.4. The average Bonchev–Trinajstić information content (AvgIpc) is 2.66. The molecule has 1 fully saturated rings. The van der Waals surface area contributed by atoms with E-state index in [-0.39, 0.29) is 0 Å². The van der Waals surface area contributed by atoms with Crippen LogP contribution in [0.3, 0.4) is 0 Å². The lowest BCUT2D eigenvalue weighted by Gasteiger charge is -2.33. The molecule has 1 aliphatic heterocycles. The van der Waals surface area contributed by atoms with Gasteiger partial charge >= 0.3 is 0 Å². The zero-order valence-corrected chi connectivity index (χ0v) is 12.5. The van der Waals surface area contributed by atoms with Gasteiger partial charge in [-0.05, 0) is 18.4 Å². The van der Waals surface area contributed by atoms with Crippen molar-refractivity contribution in [3.63, 3.8) is 0 Å². The quantitative estimate of drug-likeness (QED) is 0.474. The van der Waals surface area contributed by atoms with E-state index in [1.54, 1.807) is 0 Å². The zero-order chi connectivity index (χ0) is 13.6. The summed E-state index contributed by atoms with van der Waals surface area (Å²) in [6.45, 7) is 4.38. The van der Waals surface area contributed by atoms with E-state index in [9.17, 15) is 5.21 Å². The van der Waals surface area contributed by atoms with Gasteiger partial charge in [-0.3, -0.25) is 4.67 Å². The molecule has 1 N–H and O–H groups in total. The lowest BCUT2D eigenvalue weighted by atomic mass is 9.83. The van der Waals surface area contributed by atoms with Crippen LogP contribution in [0, 0.1) is 5.92 Å². The topological polar surface area (TPSA) is 41.3 Å². The minimum absolute atomic E-state index is 0.425. The van der Waals surface area contributed by atoms with Crippen LogP contribution in [0.25, 0.3) is 10.9 Å². The second-order valence-electron chi connectivity index (χ2n) is 5.66. The molecule has 3 rings (SSSR count). The fraction of sp³-hybridized carbons (Fsp3) is 0.462. The number of fused-ring (bicyclic) bond motifs is 1. The molecule has 1 aliphatic rings. The van der Waals surface area contributed by atoms with E-state index < -0.39 is 0 Å². The first kappa shape index (κ1) is 13.0. The Morgan fingerprint density at radius 3 is 3.00 bits per heavy atom. The predicted octanol–water partition coefficient (Wildman–Crippen LogP) is 0.748. The lowest BCUT2D eigenvalue weighted by Crippen LogP contribution is -2.32. The number of aromatic nitrogens is 2. The highest BCUT2D eigenvalue weighted by molar-refractivity contribution is 7.13. The van der Waals surface area contributed by atoms with Crippen molar-refractivity contribution in [2.24, 2.45) is 5.92 Å². The molecule has 0 aliphatic carbocycles. The Morgan fingerprint density at radius 2 is 2.26 bits per heavy atom. The Bertz CT molecular complexity index is 615. The largest absolute Gasteiger partial charge is 0.411 e. The van der Waals surface area contributed by atoms with Gasteiger partial charge < -0.3 is 5.21 Å². The number of hydrogen-bond donors (Lipinski definition) is 1. The molecular weight excluding hydrogens is 256 g/mol. The Hall–Kier alpha value is -1.06. The van der Waals surface area contributed by atoms with Crippen LogP contribution in [0.5, 0.6) is 0 Å². The SMILES string of the molecule is Bc1ccc2c(c1)c(C1CCN(P)CC1C)nn2O. The molecule has 3 unspecified atom stereocenters. The molecule has 0 radical (unpaired) electrons. The molecule has 100 valence electrons. The van der Waals surface area contributed by atoms with Gasteiger partial charge in [0.25, 0.3) is 0 Å². The number of nitrogens with zero attached hydrogens (tertiary/aromatic N) is 3. The van der Waals surface area contributed by atoms with Crippen molar-refractivity contribution in [1.29, 1.82) is 0 Å². The average molecular weight is 275 g/mol. The molecule has 3 atom stereocenters. The minimum Gasteiger partial charge on any atom is -0.411 e. The molecule has 1 saturated heterocycles. The first-order valence-electron chi connectivity index (χ1n) is 6.74. The van der Waals surface area contributed by atoms with E-state index in [1.165, 1.54) is 5.46 Å². The van der Waals surface area contributed by atoms with Crippen LogP contribution in [-0.4, -0.2) is 40.8 Å². The van der Waals surface area contributed by atoms with Crippen molar-refractivity contribution in [3.05, 3.63) is 23.9 Å². The smallest absolute Gasteiger partial charge is 0.139 e. The summed E-state index contributed by atoms with van der Waals surface area (Å²) in [6, 6.07) is 6.08. The highest BCUT2D eigenvalue weighted by atomic mass is 31.0. The van der Waals surface area contributed by atoms with Crippen LogP contribution in [0.4, 0.5) is 0 Å². The summed E-state index contributed by atoms with van der Waals surface area (Å²) < 4.78 is 2.28. The molecule has 0 spiro atoms. The highest BCUT2D eigenvalue weighted by Gasteiger charge is 2.29. The van der Waals surface area contributed by atoms with Crippen LogP contribution >= 0.6 is 9.39 Å². The normalized spacial score (nSPS) is 24.9. The molecule has 4 nitrogen and oxygen atoms in total. The van der Waals surface area contributed by atoms with Crippen LogP contribution in [0.1, 0.15) is 25.0 Å². The number of hydrogen-bond acceptors (Lipinski definition) is 3. The maximum Gasteiger partial charge on any atom is 0.139 e. The highest BCUT2D eigenvalue weighted by Crippen LogP contribution is 2.36. The lowest BCUT2D eigenvalue weighted by molar-refractivity contribution is 0.156. The summed E-state index contributed by atoms with van der Waals surface area (Å²) in [5.74, 6) is 0.972. The molecule has 1 aromatic carbocycles. The summed E-state index contributed by atoms with van der Waals surface area (Å²) in [6.07, 6.45) is 1.09. The second kappa shape index (κ2) is 4.80. The van der Waals surface area contributed by atoms with Crippen molar-refractivity contribution < 1.29 is 5.21 Å². The molecule has 2 aromatic rings. The second-order valence-corrected chi connectivity index (χ2v) is 6.39. The third kappa shape index (κ3) is 2.26. The van der Waals surface area contributed by atoms with Crippen LogP contribution in [-0.2, 0) is 0 Å². The monoisotopic (exact) mass is 275 g/mol. The fourth-order valence-corrected chi connectivity index (χ4v) is 3.58. The molecule has 1 aromatic heterocycles. The molecule has 0 bridgehead atoms. The van der Waals surface area contributed by atoms with E-state index in [2.05, 4.69) is 40.0 Å². The van der Waals surface area contributed by atoms with Gasteiger partial charge in [0.05, 0.1) is 5.69 Å². The predicted molar refractivity (Wildman–Crippen MR) is 82.9 cm³/mol. The maximum atomic E-state index is 9.94. The van der Waals surface area contributed by atoms with E-state index >= 15 is 0 Å². The van der Waals surface area contributed by atoms with Crippen LogP contribution in [0.2, 0.25) is 0 Å². The van der Waals surface area contributed by atoms with Gasteiger partial charge in [-0.15, -0.1) is 9.94 Å².